The van der Waals surface area contributed by atoms with E-state index in [2.05, 4.69) is 10.6 Å². The van der Waals surface area contributed by atoms with Gasteiger partial charge in [-0.3, -0.25) is 24.6 Å². The van der Waals surface area contributed by atoms with Gasteiger partial charge in [0.05, 0.1) is 11.8 Å². The monoisotopic (exact) mass is 495 g/mol. The molecule has 3 heterocycles. The summed E-state index contributed by atoms with van der Waals surface area (Å²) in [5.41, 5.74) is 3.14. The standard InChI is InChI=1S/C30H29N3O4/c1-2-18-10-13-23-22(16-18)30(29(37)31-23)26-25(24(32-30)17-20-8-11-21(34)12-9-20)27(35)33(28(26)36)15-14-19-6-4-3-5-7-19/h3-13,16,24-26,32,34H,2,14-15,17H2,1H3,(H,31,37)/t24-,25-,26+,30-/m1/s1. The molecule has 3 aromatic carbocycles. The Morgan fingerprint density at radius 2 is 1.62 bits per heavy atom. The van der Waals surface area contributed by atoms with E-state index in [0.717, 1.165) is 28.7 Å². The molecule has 3 aliphatic heterocycles. The van der Waals surface area contributed by atoms with Crippen molar-refractivity contribution in [2.24, 2.45) is 11.8 Å². The van der Waals surface area contributed by atoms with Crippen LogP contribution in [0.25, 0.3) is 0 Å². The Morgan fingerprint density at radius 3 is 2.35 bits per heavy atom. The van der Waals surface area contributed by atoms with E-state index < -0.39 is 23.4 Å². The molecule has 1 spiro atoms. The lowest BCUT2D eigenvalue weighted by atomic mass is 9.76. The number of hydrogen-bond donors (Lipinski definition) is 3. The third-order valence-electron chi connectivity index (χ3n) is 8.14. The minimum atomic E-state index is -1.30. The molecule has 3 amide bonds. The second-order valence-electron chi connectivity index (χ2n) is 10.2. The third kappa shape index (κ3) is 3.64. The molecule has 7 nitrogen and oxygen atoms in total. The molecule has 37 heavy (non-hydrogen) atoms. The number of carbonyl (C=O) groups is 3. The van der Waals surface area contributed by atoms with Crippen LogP contribution in [0.15, 0.2) is 72.8 Å². The van der Waals surface area contributed by atoms with Crippen molar-refractivity contribution in [2.75, 3.05) is 11.9 Å². The number of nitrogens with one attached hydrogen (secondary N) is 2. The van der Waals surface area contributed by atoms with Crippen molar-refractivity contribution in [3.05, 3.63) is 95.1 Å². The van der Waals surface area contributed by atoms with Crippen molar-refractivity contribution in [3.63, 3.8) is 0 Å². The number of amides is 3. The molecule has 7 heteroatoms. The largest absolute Gasteiger partial charge is 0.508 e. The molecule has 2 saturated heterocycles. The Balaban J connectivity index is 1.41. The van der Waals surface area contributed by atoms with Crippen LogP contribution in [0.4, 0.5) is 5.69 Å². The maximum Gasteiger partial charge on any atom is 0.250 e. The lowest BCUT2D eigenvalue weighted by molar-refractivity contribution is -0.142. The average Bonchev–Trinajstić information content (AvgIpc) is 3.48. The highest BCUT2D eigenvalue weighted by Gasteiger charge is 2.70. The molecule has 3 aliphatic rings. The molecule has 0 aliphatic carbocycles. The first-order chi connectivity index (χ1) is 17.9. The van der Waals surface area contributed by atoms with Crippen molar-refractivity contribution < 1.29 is 19.5 Å². The number of phenolic OH excluding ortho intramolecular Hbond substituents is 1. The van der Waals surface area contributed by atoms with Gasteiger partial charge in [0.1, 0.15) is 11.3 Å². The predicted octanol–water partition coefficient (Wildman–Crippen LogP) is 3.16. The highest BCUT2D eigenvalue weighted by Crippen LogP contribution is 2.53. The molecular weight excluding hydrogens is 466 g/mol. The number of carbonyl (C=O) groups excluding carboxylic acids is 3. The van der Waals surface area contributed by atoms with Gasteiger partial charge in [0, 0.05) is 23.8 Å². The number of anilines is 1. The van der Waals surface area contributed by atoms with E-state index in [4.69, 9.17) is 0 Å². The van der Waals surface area contributed by atoms with Gasteiger partial charge >= 0.3 is 0 Å². The second-order valence-corrected chi connectivity index (χ2v) is 10.2. The summed E-state index contributed by atoms with van der Waals surface area (Å²) in [6, 6.07) is 22.0. The summed E-state index contributed by atoms with van der Waals surface area (Å²) in [4.78, 5) is 42.9. The molecule has 2 fully saturated rings. The molecule has 3 N–H and O–H groups in total. The van der Waals surface area contributed by atoms with Gasteiger partial charge in [0.15, 0.2) is 0 Å². The van der Waals surface area contributed by atoms with E-state index in [1.54, 1.807) is 12.1 Å². The molecular formula is C30H29N3O4. The number of likely N-dealkylation sites (tertiary alicyclic amines) is 1. The topological polar surface area (TPSA) is 98.7 Å². The van der Waals surface area contributed by atoms with E-state index >= 15 is 0 Å². The average molecular weight is 496 g/mol. The first-order valence-corrected chi connectivity index (χ1v) is 12.8. The minimum absolute atomic E-state index is 0.160. The summed E-state index contributed by atoms with van der Waals surface area (Å²) in [6.07, 6.45) is 1.80. The SMILES string of the molecule is CCc1ccc2c(c1)[C@]1(N[C@H](Cc3ccc(O)cc3)[C@H]3C(=O)N(CCc4ccccc4)C(=O)[C@H]31)C(=O)N2. The quantitative estimate of drug-likeness (QED) is 0.457. The van der Waals surface area contributed by atoms with E-state index in [9.17, 15) is 19.5 Å². The molecule has 6 rings (SSSR count). The van der Waals surface area contributed by atoms with Gasteiger partial charge in [-0.2, -0.15) is 0 Å². The van der Waals surface area contributed by atoms with E-state index in [1.165, 1.54) is 4.90 Å². The fourth-order valence-electron chi connectivity index (χ4n) is 6.30. The number of imide groups is 1. The summed E-state index contributed by atoms with van der Waals surface area (Å²) in [6.45, 7) is 2.33. The first-order valence-electron chi connectivity index (χ1n) is 12.8. The number of aromatic hydroxyl groups is 1. The maximum absolute atomic E-state index is 14.0. The molecule has 3 aromatic rings. The predicted molar refractivity (Wildman–Crippen MR) is 139 cm³/mol. The van der Waals surface area contributed by atoms with Gasteiger partial charge < -0.3 is 10.4 Å². The zero-order valence-corrected chi connectivity index (χ0v) is 20.6. The molecule has 4 atom stereocenters. The number of phenols is 1. The third-order valence-corrected chi connectivity index (χ3v) is 8.14. The van der Waals surface area contributed by atoms with Gasteiger partial charge in [-0.15, -0.1) is 0 Å². The zero-order chi connectivity index (χ0) is 25.7. The number of rotatable bonds is 6. The Kier molecular flexibility index (Phi) is 5.60. The minimum Gasteiger partial charge on any atom is -0.508 e. The van der Waals surface area contributed by atoms with Gasteiger partial charge in [0.2, 0.25) is 17.7 Å². The highest BCUT2D eigenvalue weighted by molar-refractivity contribution is 6.15. The molecule has 188 valence electrons. The Morgan fingerprint density at radius 1 is 0.892 bits per heavy atom. The van der Waals surface area contributed by atoms with Gasteiger partial charge in [0.25, 0.3) is 0 Å². The smallest absolute Gasteiger partial charge is 0.250 e. The number of benzene rings is 3. The van der Waals surface area contributed by atoms with Crippen LogP contribution < -0.4 is 10.6 Å². The molecule has 0 unspecified atom stereocenters. The van der Waals surface area contributed by atoms with Crippen LogP contribution in [-0.4, -0.2) is 40.3 Å². The summed E-state index contributed by atoms with van der Waals surface area (Å²) in [5.74, 6) is -2.15. The van der Waals surface area contributed by atoms with Crippen LogP contribution in [0.5, 0.6) is 5.75 Å². The van der Waals surface area contributed by atoms with Crippen LogP contribution in [0.3, 0.4) is 0 Å². The van der Waals surface area contributed by atoms with Crippen molar-refractivity contribution in [3.8, 4) is 5.75 Å². The van der Waals surface area contributed by atoms with Crippen LogP contribution in [-0.2, 0) is 39.2 Å². The van der Waals surface area contributed by atoms with Crippen molar-refractivity contribution in [2.45, 2.75) is 37.8 Å². The van der Waals surface area contributed by atoms with Crippen molar-refractivity contribution in [1.82, 2.24) is 10.2 Å². The Bertz CT molecular complexity index is 1390. The van der Waals surface area contributed by atoms with E-state index in [-0.39, 0.29) is 30.0 Å². The summed E-state index contributed by atoms with van der Waals surface area (Å²) < 4.78 is 0. The van der Waals surface area contributed by atoms with Gasteiger partial charge in [-0.05, 0) is 54.2 Å². The van der Waals surface area contributed by atoms with Gasteiger partial charge in [-0.25, -0.2) is 0 Å². The Hall–Kier alpha value is -3.97. The normalized spacial score (nSPS) is 26.0. The lowest BCUT2D eigenvalue weighted by Gasteiger charge is -2.30. The van der Waals surface area contributed by atoms with Crippen LogP contribution in [0.2, 0.25) is 0 Å². The molecule has 0 saturated carbocycles. The van der Waals surface area contributed by atoms with Crippen molar-refractivity contribution in [1.29, 1.82) is 0 Å². The first kappa shape index (κ1) is 23.4. The molecule has 0 radical (unpaired) electrons. The number of aryl methyl sites for hydroxylation is 1. The Labute approximate surface area is 215 Å². The summed E-state index contributed by atoms with van der Waals surface area (Å²) >= 11 is 0. The maximum atomic E-state index is 14.0. The van der Waals surface area contributed by atoms with Crippen molar-refractivity contribution >= 4 is 23.4 Å². The highest BCUT2D eigenvalue weighted by atomic mass is 16.3. The number of fused-ring (bicyclic) bond motifs is 4. The zero-order valence-electron chi connectivity index (χ0n) is 20.6. The number of hydrogen-bond acceptors (Lipinski definition) is 5. The second kappa shape index (κ2) is 8.85. The summed E-state index contributed by atoms with van der Waals surface area (Å²) in [7, 11) is 0. The van der Waals surface area contributed by atoms with Crippen LogP contribution in [0, 0.1) is 11.8 Å². The van der Waals surface area contributed by atoms with Crippen LogP contribution >= 0.6 is 0 Å². The fraction of sp³-hybridized carbons (Fsp3) is 0.300. The van der Waals surface area contributed by atoms with E-state index in [1.807, 2.05) is 67.6 Å². The fourth-order valence-corrected chi connectivity index (χ4v) is 6.30. The van der Waals surface area contributed by atoms with Crippen LogP contribution in [0.1, 0.15) is 29.2 Å². The summed E-state index contributed by atoms with van der Waals surface area (Å²) in [5, 5.41) is 16.2. The molecule has 0 aromatic heterocycles. The lowest BCUT2D eigenvalue weighted by Crippen LogP contribution is -2.53. The number of nitrogens with zero attached hydrogens (tertiary/aromatic N) is 1. The van der Waals surface area contributed by atoms with Gasteiger partial charge in [-0.1, -0.05) is 61.5 Å². The molecule has 0 bridgehead atoms. The van der Waals surface area contributed by atoms with E-state index in [0.29, 0.717) is 18.5 Å².